The van der Waals surface area contributed by atoms with Gasteiger partial charge in [-0.2, -0.15) is 5.10 Å². The van der Waals surface area contributed by atoms with Crippen molar-refractivity contribution in [2.45, 2.75) is 13.1 Å². The van der Waals surface area contributed by atoms with Crippen molar-refractivity contribution < 1.29 is 4.92 Å². The van der Waals surface area contributed by atoms with Crippen LogP contribution in [0.1, 0.15) is 11.4 Å². The molecule has 0 aliphatic heterocycles. The quantitative estimate of drug-likeness (QED) is 0.618. The first kappa shape index (κ1) is 11.2. The summed E-state index contributed by atoms with van der Waals surface area (Å²) in [6.07, 6.45) is 1.42. The van der Waals surface area contributed by atoms with E-state index >= 15 is 0 Å². The molecule has 0 atom stereocenters. The first-order valence-electron chi connectivity index (χ1n) is 5.01. The van der Waals surface area contributed by atoms with Crippen LogP contribution in [0.5, 0.6) is 0 Å². The highest BCUT2D eigenvalue weighted by Gasteiger charge is 2.08. The molecule has 1 aromatic heterocycles. The molecule has 2 N–H and O–H groups in total. The van der Waals surface area contributed by atoms with Gasteiger partial charge in [-0.05, 0) is 5.56 Å². The van der Waals surface area contributed by atoms with E-state index < -0.39 is 4.92 Å². The first-order chi connectivity index (χ1) is 8.20. The third kappa shape index (κ3) is 2.45. The van der Waals surface area contributed by atoms with Gasteiger partial charge >= 0.3 is 0 Å². The molecular formula is C10H11N5O2. The normalized spacial score (nSPS) is 10.4. The SMILES string of the molecule is NCc1ncnn1Cc1cccc([N+](=O)[O-])c1. The Kier molecular flexibility index (Phi) is 3.10. The molecule has 0 unspecified atom stereocenters. The number of nitrogens with two attached hydrogens (primary N) is 1. The lowest BCUT2D eigenvalue weighted by molar-refractivity contribution is -0.384. The van der Waals surface area contributed by atoms with E-state index in [1.165, 1.54) is 18.5 Å². The van der Waals surface area contributed by atoms with Crippen molar-refractivity contribution in [1.29, 1.82) is 0 Å². The average molecular weight is 233 g/mol. The van der Waals surface area contributed by atoms with E-state index in [9.17, 15) is 10.1 Å². The van der Waals surface area contributed by atoms with E-state index in [1.807, 2.05) is 0 Å². The van der Waals surface area contributed by atoms with Gasteiger partial charge in [-0.15, -0.1) is 0 Å². The zero-order chi connectivity index (χ0) is 12.3. The van der Waals surface area contributed by atoms with Crippen LogP contribution in [0, 0.1) is 10.1 Å². The Labute approximate surface area is 97.0 Å². The molecule has 0 saturated carbocycles. The minimum absolute atomic E-state index is 0.0666. The van der Waals surface area contributed by atoms with Crippen LogP contribution in [-0.4, -0.2) is 19.7 Å². The summed E-state index contributed by atoms with van der Waals surface area (Å²) in [4.78, 5) is 14.2. The van der Waals surface area contributed by atoms with Crippen LogP contribution >= 0.6 is 0 Å². The van der Waals surface area contributed by atoms with Crippen molar-refractivity contribution in [3.8, 4) is 0 Å². The molecule has 0 aliphatic rings. The Hall–Kier alpha value is -2.28. The third-order valence-electron chi connectivity index (χ3n) is 2.33. The van der Waals surface area contributed by atoms with Crippen LogP contribution < -0.4 is 5.73 Å². The van der Waals surface area contributed by atoms with Crippen LogP contribution in [-0.2, 0) is 13.1 Å². The van der Waals surface area contributed by atoms with Gasteiger partial charge in [-0.1, -0.05) is 12.1 Å². The lowest BCUT2D eigenvalue weighted by atomic mass is 10.2. The van der Waals surface area contributed by atoms with E-state index in [2.05, 4.69) is 10.1 Å². The van der Waals surface area contributed by atoms with Crippen LogP contribution in [0.2, 0.25) is 0 Å². The molecule has 0 fully saturated rings. The van der Waals surface area contributed by atoms with E-state index in [4.69, 9.17) is 5.73 Å². The molecule has 2 aromatic rings. The smallest absolute Gasteiger partial charge is 0.269 e. The summed E-state index contributed by atoms with van der Waals surface area (Å²) in [7, 11) is 0. The maximum Gasteiger partial charge on any atom is 0.269 e. The zero-order valence-electron chi connectivity index (χ0n) is 8.98. The summed E-state index contributed by atoms with van der Waals surface area (Å²) < 4.78 is 1.62. The number of rotatable bonds is 4. The summed E-state index contributed by atoms with van der Waals surface area (Å²) in [6, 6.07) is 6.41. The molecule has 1 heterocycles. The molecule has 7 nitrogen and oxygen atoms in total. The van der Waals surface area contributed by atoms with Crippen LogP contribution in [0.15, 0.2) is 30.6 Å². The van der Waals surface area contributed by atoms with Gasteiger partial charge in [0, 0.05) is 12.1 Å². The van der Waals surface area contributed by atoms with Gasteiger partial charge in [0.2, 0.25) is 0 Å². The largest absolute Gasteiger partial charge is 0.324 e. The molecule has 0 bridgehead atoms. The molecule has 0 amide bonds. The van der Waals surface area contributed by atoms with E-state index in [1.54, 1.807) is 16.8 Å². The highest BCUT2D eigenvalue weighted by Crippen LogP contribution is 2.14. The van der Waals surface area contributed by atoms with Crippen molar-refractivity contribution >= 4 is 5.69 Å². The Morgan fingerprint density at radius 3 is 3.00 bits per heavy atom. The predicted molar refractivity (Wildman–Crippen MR) is 60.1 cm³/mol. The molecule has 0 radical (unpaired) electrons. The average Bonchev–Trinajstić information content (AvgIpc) is 2.76. The number of non-ortho nitro benzene ring substituents is 1. The monoisotopic (exact) mass is 233 g/mol. The molecule has 7 heteroatoms. The summed E-state index contributed by atoms with van der Waals surface area (Å²) in [6.45, 7) is 0.711. The van der Waals surface area contributed by atoms with E-state index in [0.717, 1.165) is 5.56 Å². The number of aromatic nitrogens is 3. The molecule has 88 valence electrons. The maximum atomic E-state index is 10.6. The standard InChI is InChI=1S/C10H11N5O2/c11-5-10-12-7-13-14(10)6-8-2-1-3-9(4-8)15(16)17/h1-4,7H,5-6,11H2. The Balaban J connectivity index is 2.24. The lowest BCUT2D eigenvalue weighted by Crippen LogP contribution is -2.10. The molecule has 0 aliphatic carbocycles. The van der Waals surface area contributed by atoms with Crippen molar-refractivity contribution in [3.05, 3.63) is 52.1 Å². The van der Waals surface area contributed by atoms with Crippen molar-refractivity contribution in [3.63, 3.8) is 0 Å². The predicted octanol–water partition coefficient (Wildman–Crippen LogP) is 0.693. The number of nitrogens with zero attached hydrogens (tertiary/aromatic N) is 4. The summed E-state index contributed by atoms with van der Waals surface area (Å²) in [5.74, 6) is 0.650. The molecule has 1 aromatic carbocycles. The van der Waals surface area contributed by atoms with Gasteiger partial charge in [-0.3, -0.25) is 10.1 Å². The van der Waals surface area contributed by atoms with Gasteiger partial charge in [0.25, 0.3) is 5.69 Å². The topological polar surface area (TPSA) is 99.9 Å². The zero-order valence-corrected chi connectivity index (χ0v) is 8.98. The fourth-order valence-electron chi connectivity index (χ4n) is 1.52. The summed E-state index contributed by atoms with van der Waals surface area (Å²) >= 11 is 0. The minimum atomic E-state index is -0.422. The van der Waals surface area contributed by atoms with E-state index in [-0.39, 0.29) is 12.2 Å². The second kappa shape index (κ2) is 4.71. The number of hydrogen-bond donors (Lipinski definition) is 1. The van der Waals surface area contributed by atoms with Crippen LogP contribution in [0.25, 0.3) is 0 Å². The first-order valence-corrected chi connectivity index (χ1v) is 5.01. The highest BCUT2D eigenvalue weighted by molar-refractivity contribution is 5.34. The highest BCUT2D eigenvalue weighted by atomic mass is 16.6. The second-order valence-corrected chi connectivity index (χ2v) is 3.47. The van der Waals surface area contributed by atoms with Gasteiger partial charge in [0.1, 0.15) is 12.2 Å². The van der Waals surface area contributed by atoms with Crippen molar-refractivity contribution in [2.24, 2.45) is 5.73 Å². The van der Waals surface area contributed by atoms with Crippen molar-refractivity contribution in [1.82, 2.24) is 14.8 Å². The van der Waals surface area contributed by atoms with Crippen LogP contribution in [0.4, 0.5) is 5.69 Å². The summed E-state index contributed by atoms with van der Waals surface area (Å²) in [5, 5.41) is 14.6. The van der Waals surface area contributed by atoms with Gasteiger partial charge < -0.3 is 5.73 Å². The number of nitro benzene ring substituents is 1. The second-order valence-electron chi connectivity index (χ2n) is 3.47. The fraction of sp³-hybridized carbons (Fsp3) is 0.200. The molecule has 2 rings (SSSR count). The Morgan fingerprint density at radius 2 is 2.29 bits per heavy atom. The molecule has 17 heavy (non-hydrogen) atoms. The van der Waals surface area contributed by atoms with Gasteiger partial charge in [0.15, 0.2) is 0 Å². The summed E-state index contributed by atoms with van der Waals surface area (Å²) in [5.41, 5.74) is 6.35. The minimum Gasteiger partial charge on any atom is -0.324 e. The fourth-order valence-corrected chi connectivity index (χ4v) is 1.52. The van der Waals surface area contributed by atoms with E-state index in [0.29, 0.717) is 12.4 Å². The maximum absolute atomic E-state index is 10.6. The Morgan fingerprint density at radius 1 is 1.47 bits per heavy atom. The number of nitro groups is 1. The molecule has 0 saturated heterocycles. The molecule has 0 spiro atoms. The van der Waals surface area contributed by atoms with Crippen LogP contribution in [0.3, 0.4) is 0 Å². The lowest BCUT2D eigenvalue weighted by Gasteiger charge is -2.04. The molecular weight excluding hydrogens is 222 g/mol. The van der Waals surface area contributed by atoms with Gasteiger partial charge in [-0.25, -0.2) is 9.67 Å². The number of benzene rings is 1. The van der Waals surface area contributed by atoms with Gasteiger partial charge in [0.05, 0.1) is 18.0 Å². The number of hydrogen-bond acceptors (Lipinski definition) is 5. The third-order valence-corrected chi connectivity index (χ3v) is 2.33. The Bertz CT molecular complexity index is 537. The van der Waals surface area contributed by atoms with Crippen molar-refractivity contribution in [2.75, 3.05) is 0 Å².